The van der Waals surface area contributed by atoms with Crippen LogP contribution >= 0.6 is 0 Å². The summed E-state index contributed by atoms with van der Waals surface area (Å²) in [6, 6.07) is 12.5. The normalized spacial score (nSPS) is 14.9. The number of nitrogens with one attached hydrogen (secondary N) is 2. The van der Waals surface area contributed by atoms with Gasteiger partial charge in [-0.25, -0.2) is 9.98 Å². The Bertz CT molecular complexity index is 756. The van der Waals surface area contributed by atoms with Gasteiger partial charge >= 0.3 is 0 Å². The van der Waals surface area contributed by atoms with E-state index in [1.165, 1.54) is 11.1 Å². The topological polar surface area (TPSA) is 61.8 Å². The van der Waals surface area contributed by atoms with Crippen molar-refractivity contribution in [2.45, 2.75) is 26.9 Å². The molecule has 0 saturated carbocycles. The minimum Gasteiger partial charge on any atom is -0.378 e. The van der Waals surface area contributed by atoms with E-state index in [9.17, 15) is 0 Å². The van der Waals surface area contributed by atoms with Gasteiger partial charge in [0.05, 0.1) is 19.8 Å². The average Bonchev–Trinajstić information content (AvgIpc) is 2.72. The number of pyridine rings is 1. The van der Waals surface area contributed by atoms with E-state index in [4.69, 9.17) is 9.73 Å². The number of nitrogens with zero attached hydrogens (tertiary/aromatic N) is 3. The number of rotatable bonds is 6. The molecule has 2 aromatic rings. The van der Waals surface area contributed by atoms with Crippen molar-refractivity contribution in [1.82, 2.24) is 15.6 Å². The van der Waals surface area contributed by atoms with E-state index in [2.05, 4.69) is 64.7 Å². The molecule has 0 amide bonds. The number of aliphatic imine (C=N–C) groups is 1. The van der Waals surface area contributed by atoms with Crippen LogP contribution in [0.4, 0.5) is 5.82 Å². The summed E-state index contributed by atoms with van der Waals surface area (Å²) in [6.07, 6.45) is 1.85. The molecular weight excluding hydrogens is 338 g/mol. The van der Waals surface area contributed by atoms with Crippen molar-refractivity contribution in [3.8, 4) is 0 Å². The Kier molecular flexibility index (Phi) is 7.04. The van der Waals surface area contributed by atoms with Gasteiger partial charge in [0.1, 0.15) is 5.82 Å². The Morgan fingerprint density at radius 1 is 1.11 bits per heavy atom. The molecule has 6 heteroatoms. The monoisotopic (exact) mass is 367 g/mol. The van der Waals surface area contributed by atoms with Crippen LogP contribution in [0.15, 0.2) is 47.6 Å². The van der Waals surface area contributed by atoms with Crippen molar-refractivity contribution in [2.75, 3.05) is 37.7 Å². The maximum atomic E-state index is 5.46. The van der Waals surface area contributed by atoms with Gasteiger partial charge in [-0.05, 0) is 31.0 Å². The van der Waals surface area contributed by atoms with Crippen LogP contribution in [0, 0.1) is 6.92 Å². The largest absolute Gasteiger partial charge is 0.378 e. The van der Waals surface area contributed by atoms with Gasteiger partial charge in [-0.3, -0.25) is 0 Å². The third-order valence-electron chi connectivity index (χ3n) is 4.64. The molecule has 1 fully saturated rings. The minimum atomic E-state index is 0.587. The number of ether oxygens (including phenoxy) is 1. The smallest absolute Gasteiger partial charge is 0.191 e. The van der Waals surface area contributed by atoms with E-state index >= 15 is 0 Å². The molecule has 1 aromatic heterocycles. The maximum Gasteiger partial charge on any atom is 0.191 e. The van der Waals surface area contributed by atoms with Gasteiger partial charge in [-0.15, -0.1) is 0 Å². The fraction of sp³-hybridized carbons (Fsp3) is 0.429. The van der Waals surface area contributed by atoms with Gasteiger partial charge in [0.15, 0.2) is 5.96 Å². The van der Waals surface area contributed by atoms with Gasteiger partial charge < -0.3 is 20.3 Å². The summed E-state index contributed by atoms with van der Waals surface area (Å²) in [7, 11) is 0. The fourth-order valence-corrected chi connectivity index (χ4v) is 3.11. The summed E-state index contributed by atoms with van der Waals surface area (Å²) in [5, 5.41) is 6.76. The van der Waals surface area contributed by atoms with Crippen LogP contribution in [0.2, 0.25) is 0 Å². The van der Waals surface area contributed by atoms with Crippen LogP contribution in [-0.4, -0.2) is 43.8 Å². The Morgan fingerprint density at radius 2 is 1.89 bits per heavy atom. The number of benzene rings is 1. The Morgan fingerprint density at radius 3 is 2.67 bits per heavy atom. The van der Waals surface area contributed by atoms with Gasteiger partial charge in [0.25, 0.3) is 0 Å². The summed E-state index contributed by atoms with van der Waals surface area (Å²) in [5.74, 6) is 1.83. The van der Waals surface area contributed by atoms with Crippen molar-refractivity contribution in [3.63, 3.8) is 0 Å². The number of aryl methyl sites for hydroxylation is 1. The van der Waals surface area contributed by atoms with Crippen LogP contribution in [0.5, 0.6) is 0 Å². The van der Waals surface area contributed by atoms with Crippen molar-refractivity contribution in [2.24, 2.45) is 4.99 Å². The second-order valence-corrected chi connectivity index (χ2v) is 6.56. The molecule has 2 N–H and O–H groups in total. The molecule has 144 valence electrons. The molecule has 2 heterocycles. The molecule has 0 spiro atoms. The van der Waals surface area contributed by atoms with Crippen LogP contribution in [0.25, 0.3) is 0 Å². The van der Waals surface area contributed by atoms with Crippen molar-refractivity contribution in [1.29, 1.82) is 0 Å². The van der Waals surface area contributed by atoms with E-state index in [0.29, 0.717) is 6.54 Å². The highest BCUT2D eigenvalue weighted by Crippen LogP contribution is 2.19. The lowest BCUT2D eigenvalue weighted by Crippen LogP contribution is -2.38. The van der Waals surface area contributed by atoms with E-state index in [0.717, 1.165) is 56.7 Å². The molecule has 1 aliphatic rings. The molecule has 3 rings (SSSR count). The molecule has 6 nitrogen and oxygen atoms in total. The minimum absolute atomic E-state index is 0.587. The first kappa shape index (κ1) is 19.2. The number of morpholine rings is 1. The number of aromatic nitrogens is 1. The molecule has 0 bridgehead atoms. The van der Waals surface area contributed by atoms with Crippen LogP contribution in [0.1, 0.15) is 23.6 Å². The molecule has 0 unspecified atom stereocenters. The summed E-state index contributed by atoms with van der Waals surface area (Å²) >= 11 is 0. The summed E-state index contributed by atoms with van der Waals surface area (Å²) in [6.45, 7) is 9.62. The maximum absolute atomic E-state index is 5.46. The van der Waals surface area contributed by atoms with Crippen molar-refractivity contribution in [3.05, 3.63) is 59.3 Å². The highest BCUT2D eigenvalue weighted by molar-refractivity contribution is 5.79. The third-order valence-corrected chi connectivity index (χ3v) is 4.64. The molecule has 0 atom stereocenters. The molecule has 1 saturated heterocycles. The molecule has 27 heavy (non-hydrogen) atoms. The molecule has 1 aliphatic heterocycles. The highest BCUT2D eigenvalue weighted by Gasteiger charge is 2.15. The highest BCUT2D eigenvalue weighted by atomic mass is 16.5. The zero-order chi connectivity index (χ0) is 18.9. The second kappa shape index (κ2) is 9.92. The van der Waals surface area contributed by atoms with E-state index < -0.39 is 0 Å². The zero-order valence-corrected chi connectivity index (χ0v) is 16.2. The van der Waals surface area contributed by atoms with Gasteiger partial charge in [-0.1, -0.05) is 30.3 Å². The standard InChI is InChI=1S/C21H29N5O/c1-3-22-21(24-15-18-8-5-4-7-17(18)2)25-16-19-9-6-10-23-20(19)26-11-13-27-14-12-26/h4-10H,3,11-16H2,1-2H3,(H2,22,24,25). The van der Waals surface area contributed by atoms with Crippen LogP contribution in [-0.2, 0) is 17.8 Å². The molecular formula is C21H29N5O. The van der Waals surface area contributed by atoms with Crippen LogP contribution in [0.3, 0.4) is 0 Å². The first-order chi connectivity index (χ1) is 13.3. The average molecular weight is 367 g/mol. The van der Waals surface area contributed by atoms with E-state index in [-0.39, 0.29) is 0 Å². The lowest BCUT2D eigenvalue weighted by Gasteiger charge is -2.29. The van der Waals surface area contributed by atoms with E-state index in [1.807, 2.05) is 12.3 Å². The predicted octanol–water partition coefficient (Wildman–Crippen LogP) is 2.48. The predicted molar refractivity (Wildman–Crippen MR) is 110 cm³/mol. The van der Waals surface area contributed by atoms with Gasteiger partial charge in [0, 0.05) is 37.9 Å². The third kappa shape index (κ3) is 5.44. The molecule has 1 aromatic carbocycles. The zero-order valence-electron chi connectivity index (χ0n) is 16.2. The number of anilines is 1. The lowest BCUT2D eigenvalue weighted by atomic mass is 10.1. The number of hydrogen-bond acceptors (Lipinski definition) is 4. The Labute approximate surface area is 161 Å². The SMILES string of the molecule is CCNC(=NCc1cccnc1N1CCOCC1)NCc1ccccc1C. The Hall–Kier alpha value is -2.60. The van der Waals surface area contributed by atoms with E-state index in [1.54, 1.807) is 0 Å². The fourth-order valence-electron chi connectivity index (χ4n) is 3.11. The van der Waals surface area contributed by atoms with Gasteiger partial charge in [0.2, 0.25) is 0 Å². The quantitative estimate of drug-likeness (QED) is 0.607. The summed E-state index contributed by atoms with van der Waals surface area (Å²) in [4.78, 5) is 11.7. The van der Waals surface area contributed by atoms with Crippen molar-refractivity contribution >= 4 is 11.8 Å². The summed E-state index contributed by atoms with van der Waals surface area (Å²) < 4.78 is 5.46. The van der Waals surface area contributed by atoms with Crippen LogP contribution < -0.4 is 15.5 Å². The first-order valence-electron chi connectivity index (χ1n) is 9.61. The second-order valence-electron chi connectivity index (χ2n) is 6.56. The van der Waals surface area contributed by atoms with Gasteiger partial charge in [-0.2, -0.15) is 0 Å². The Balaban J connectivity index is 1.69. The first-order valence-corrected chi connectivity index (χ1v) is 9.61. The molecule has 0 aliphatic carbocycles. The lowest BCUT2D eigenvalue weighted by molar-refractivity contribution is 0.122. The number of guanidine groups is 1. The van der Waals surface area contributed by atoms with Crippen molar-refractivity contribution < 1.29 is 4.74 Å². The number of hydrogen-bond donors (Lipinski definition) is 2. The summed E-state index contributed by atoms with van der Waals surface area (Å²) in [5.41, 5.74) is 3.69. The molecule has 0 radical (unpaired) electrons.